The van der Waals surface area contributed by atoms with Gasteiger partial charge in [0.1, 0.15) is 0 Å². The van der Waals surface area contributed by atoms with Crippen molar-refractivity contribution in [2.45, 2.75) is 6.92 Å². The van der Waals surface area contributed by atoms with Crippen LogP contribution in [0.5, 0.6) is 0 Å². The Balaban J connectivity index is 2.08. The fourth-order valence-electron chi connectivity index (χ4n) is 0.306. The monoisotopic (exact) mass is 87.0 g/mol. The van der Waals surface area contributed by atoms with Gasteiger partial charge in [-0.1, -0.05) is 6.92 Å². The first kappa shape index (κ1) is 3.54. The topological polar surface area (TPSA) is 0 Å². The van der Waals surface area contributed by atoms with E-state index in [0.29, 0.717) is 0 Å². The van der Waals surface area contributed by atoms with Crippen LogP contribution in [0.3, 0.4) is 0 Å². The van der Waals surface area contributed by atoms with Crippen molar-refractivity contribution < 1.29 is 0 Å². The minimum absolute atomic E-state index is 1.32. The maximum Gasteiger partial charge on any atom is 0.0000488 e. The SMILES string of the molecule is C[C]1CSC1. The highest BCUT2D eigenvalue weighted by Gasteiger charge is 2.10. The fraction of sp³-hybridized carbons (Fsp3) is 0.750. The van der Waals surface area contributed by atoms with E-state index in [4.69, 9.17) is 0 Å². The molecule has 0 aromatic carbocycles. The molecular formula is C4H7S. The normalized spacial score (nSPS) is 25.8. The largest absolute Gasteiger partial charge is 0.161 e. The highest BCUT2D eigenvalue weighted by molar-refractivity contribution is 8.01. The molecule has 1 rings (SSSR count). The first-order valence-corrected chi connectivity index (χ1v) is 2.94. The van der Waals surface area contributed by atoms with Crippen molar-refractivity contribution in [3.63, 3.8) is 0 Å². The second-order valence-corrected chi connectivity index (χ2v) is 2.44. The lowest BCUT2D eigenvalue weighted by Gasteiger charge is -2.17. The van der Waals surface area contributed by atoms with Gasteiger partial charge in [-0.15, -0.1) is 0 Å². The summed E-state index contributed by atoms with van der Waals surface area (Å²) in [6, 6.07) is 0. The van der Waals surface area contributed by atoms with Crippen LogP contribution in [0.4, 0.5) is 0 Å². The first-order chi connectivity index (χ1) is 2.39. The van der Waals surface area contributed by atoms with Crippen LogP contribution in [0.1, 0.15) is 6.92 Å². The molecule has 1 heterocycles. The molecule has 0 atom stereocenters. The lowest BCUT2D eigenvalue weighted by atomic mass is 10.2. The number of hydrogen-bond donors (Lipinski definition) is 0. The predicted molar refractivity (Wildman–Crippen MR) is 26.2 cm³/mol. The van der Waals surface area contributed by atoms with Gasteiger partial charge in [0.05, 0.1) is 0 Å². The maximum atomic E-state index is 2.20. The molecule has 0 aromatic heterocycles. The van der Waals surface area contributed by atoms with Crippen LogP contribution in [0.25, 0.3) is 0 Å². The zero-order valence-corrected chi connectivity index (χ0v) is 4.14. The van der Waals surface area contributed by atoms with Gasteiger partial charge in [0.2, 0.25) is 0 Å². The molecule has 0 spiro atoms. The van der Waals surface area contributed by atoms with Gasteiger partial charge in [0.25, 0.3) is 0 Å². The van der Waals surface area contributed by atoms with E-state index in [2.05, 4.69) is 6.92 Å². The third kappa shape index (κ3) is 0.596. The Morgan fingerprint density at radius 2 is 2.00 bits per heavy atom. The van der Waals surface area contributed by atoms with E-state index in [-0.39, 0.29) is 0 Å². The van der Waals surface area contributed by atoms with Gasteiger partial charge in [-0.05, 0) is 5.92 Å². The van der Waals surface area contributed by atoms with Crippen molar-refractivity contribution in [1.29, 1.82) is 0 Å². The average Bonchev–Trinajstić information content (AvgIpc) is 1.30. The van der Waals surface area contributed by atoms with Crippen LogP contribution in [0.2, 0.25) is 0 Å². The maximum absolute atomic E-state index is 2.20. The summed E-state index contributed by atoms with van der Waals surface area (Å²) in [6.45, 7) is 2.20. The molecular weight excluding hydrogens is 80.1 g/mol. The molecule has 1 radical (unpaired) electrons. The molecule has 0 aromatic rings. The first-order valence-electron chi connectivity index (χ1n) is 1.78. The predicted octanol–water partition coefficient (Wildman–Crippen LogP) is 1.33. The lowest BCUT2D eigenvalue weighted by molar-refractivity contribution is 1.08. The molecule has 0 amide bonds. The molecule has 5 heavy (non-hydrogen) atoms. The molecule has 1 aliphatic rings. The summed E-state index contributed by atoms with van der Waals surface area (Å²) in [5, 5.41) is 0. The van der Waals surface area contributed by atoms with Crippen LogP contribution in [-0.4, -0.2) is 11.5 Å². The van der Waals surface area contributed by atoms with Crippen molar-refractivity contribution in [1.82, 2.24) is 0 Å². The summed E-state index contributed by atoms with van der Waals surface area (Å²) in [7, 11) is 0. The van der Waals surface area contributed by atoms with E-state index in [0.717, 1.165) is 0 Å². The number of hydrogen-bond acceptors (Lipinski definition) is 1. The van der Waals surface area contributed by atoms with Crippen molar-refractivity contribution in [3.05, 3.63) is 5.92 Å². The molecule has 1 saturated heterocycles. The minimum Gasteiger partial charge on any atom is -0.161 e. The van der Waals surface area contributed by atoms with Gasteiger partial charge in [0, 0.05) is 11.5 Å². The van der Waals surface area contributed by atoms with E-state index in [1.165, 1.54) is 11.5 Å². The van der Waals surface area contributed by atoms with Gasteiger partial charge in [-0.3, -0.25) is 0 Å². The van der Waals surface area contributed by atoms with Gasteiger partial charge in [0.15, 0.2) is 0 Å². The Bertz CT molecular complexity index is 30.6. The van der Waals surface area contributed by atoms with Crippen molar-refractivity contribution in [3.8, 4) is 0 Å². The third-order valence-electron chi connectivity index (χ3n) is 0.697. The van der Waals surface area contributed by atoms with Gasteiger partial charge >= 0.3 is 0 Å². The minimum atomic E-state index is 1.32. The molecule has 0 nitrogen and oxygen atoms in total. The summed E-state index contributed by atoms with van der Waals surface area (Å²) in [5.74, 6) is 4.29. The zero-order valence-electron chi connectivity index (χ0n) is 3.32. The Morgan fingerprint density at radius 1 is 1.60 bits per heavy atom. The summed E-state index contributed by atoms with van der Waals surface area (Å²) in [4.78, 5) is 0. The molecule has 0 bridgehead atoms. The van der Waals surface area contributed by atoms with Gasteiger partial charge in [-0.25, -0.2) is 0 Å². The van der Waals surface area contributed by atoms with E-state index < -0.39 is 0 Å². The van der Waals surface area contributed by atoms with Crippen LogP contribution in [-0.2, 0) is 0 Å². The Kier molecular flexibility index (Phi) is 0.856. The molecule has 1 heteroatoms. The van der Waals surface area contributed by atoms with Crippen molar-refractivity contribution >= 4 is 11.8 Å². The van der Waals surface area contributed by atoms with Crippen LogP contribution >= 0.6 is 11.8 Å². The standard InChI is InChI=1S/C4H7S/c1-4-2-5-3-4/h2-3H2,1H3. The molecule has 1 aliphatic heterocycles. The highest BCUT2D eigenvalue weighted by atomic mass is 32.2. The molecule has 0 unspecified atom stereocenters. The highest BCUT2D eigenvalue weighted by Crippen LogP contribution is 2.24. The van der Waals surface area contributed by atoms with Crippen LogP contribution < -0.4 is 0 Å². The van der Waals surface area contributed by atoms with Crippen molar-refractivity contribution in [2.24, 2.45) is 0 Å². The van der Waals surface area contributed by atoms with Crippen LogP contribution in [0, 0.1) is 5.92 Å². The third-order valence-corrected chi connectivity index (χ3v) is 2.09. The molecule has 0 aliphatic carbocycles. The van der Waals surface area contributed by atoms with Gasteiger partial charge in [-0.2, -0.15) is 11.8 Å². The zero-order chi connectivity index (χ0) is 3.70. The summed E-state index contributed by atoms with van der Waals surface area (Å²) >= 11 is 2.01. The summed E-state index contributed by atoms with van der Waals surface area (Å²) < 4.78 is 0. The summed E-state index contributed by atoms with van der Waals surface area (Å²) in [5.41, 5.74) is 0. The molecule has 1 fully saturated rings. The fourth-order valence-corrected chi connectivity index (χ4v) is 0.919. The van der Waals surface area contributed by atoms with E-state index in [9.17, 15) is 0 Å². The molecule has 0 saturated carbocycles. The second kappa shape index (κ2) is 1.21. The Hall–Kier alpha value is 0.350. The molecule has 0 N–H and O–H groups in total. The average molecular weight is 87.2 g/mol. The van der Waals surface area contributed by atoms with E-state index >= 15 is 0 Å². The number of thioether (sulfide) groups is 1. The van der Waals surface area contributed by atoms with Gasteiger partial charge < -0.3 is 0 Å². The number of rotatable bonds is 0. The summed E-state index contributed by atoms with van der Waals surface area (Å²) in [6.07, 6.45) is 0. The van der Waals surface area contributed by atoms with E-state index in [1.54, 1.807) is 5.92 Å². The smallest absolute Gasteiger partial charge is 0.0000488 e. The molecule has 29 valence electrons. The Labute approximate surface area is 37.0 Å². The van der Waals surface area contributed by atoms with Crippen LogP contribution in [0.15, 0.2) is 0 Å². The lowest BCUT2D eigenvalue weighted by Crippen LogP contribution is -2.09. The quantitative estimate of drug-likeness (QED) is 0.429. The Morgan fingerprint density at radius 3 is 2.00 bits per heavy atom. The van der Waals surface area contributed by atoms with E-state index in [1.807, 2.05) is 11.8 Å². The second-order valence-electron chi connectivity index (χ2n) is 1.45. The van der Waals surface area contributed by atoms with Crippen molar-refractivity contribution in [2.75, 3.05) is 11.5 Å².